The summed E-state index contributed by atoms with van der Waals surface area (Å²) in [6.07, 6.45) is 5.40. The highest BCUT2D eigenvalue weighted by Crippen LogP contribution is 2.19. The first-order valence-electron chi connectivity index (χ1n) is 8.39. The smallest absolute Gasteiger partial charge is 0.0277 e. The SMILES string of the molecule is CN1CCN(CCCCCCNC(C)(C)C)CC1(C)C. The number of nitrogens with zero attached hydrogens (tertiary/aromatic N) is 2. The highest BCUT2D eigenvalue weighted by atomic mass is 15.3. The minimum atomic E-state index is 0.269. The number of rotatable bonds is 7. The Bertz CT molecular complexity index is 268. The maximum Gasteiger partial charge on any atom is 0.0277 e. The van der Waals surface area contributed by atoms with Crippen molar-refractivity contribution < 1.29 is 0 Å². The molecule has 3 heteroatoms. The molecule has 1 aliphatic rings. The first kappa shape index (κ1) is 17.9. The van der Waals surface area contributed by atoms with Crippen molar-refractivity contribution in [1.29, 1.82) is 0 Å². The zero-order valence-electron chi connectivity index (χ0n) is 14.8. The minimum absolute atomic E-state index is 0.269. The largest absolute Gasteiger partial charge is 0.312 e. The van der Waals surface area contributed by atoms with Crippen LogP contribution in [0.2, 0.25) is 0 Å². The standard InChI is InChI=1S/C17H37N3/c1-16(2,3)18-11-9-7-8-10-12-20-14-13-19(6)17(4,5)15-20/h18H,7-15H2,1-6H3. The van der Waals surface area contributed by atoms with E-state index in [1.165, 1.54) is 51.9 Å². The van der Waals surface area contributed by atoms with Crippen LogP contribution in [-0.4, -0.2) is 60.6 Å². The maximum atomic E-state index is 3.56. The van der Waals surface area contributed by atoms with Crippen molar-refractivity contribution in [2.75, 3.05) is 39.8 Å². The predicted molar refractivity (Wildman–Crippen MR) is 89.4 cm³/mol. The van der Waals surface area contributed by atoms with E-state index in [1.807, 2.05) is 0 Å². The molecular weight excluding hydrogens is 246 g/mol. The van der Waals surface area contributed by atoms with Crippen LogP contribution in [0.4, 0.5) is 0 Å². The van der Waals surface area contributed by atoms with Gasteiger partial charge in [0.2, 0.25) is 0 Å². The van der Waals surface area contributed by atoms with Crippen molar-refractivity contribution >= 4 is 0 Å². The van der Waals surface area contributed by atoms with Gasteiger partial charge in [-0.05, 0) is 67.6 Å². The minimum Gasteiger partial charge on any atom is -0.312 e. The van der Waals surface area contributed by atoms with Gasteiger partial charge in [-0.15, -0.1) is 0 Å². The van der Waals surface area contributed by atoms with E-state index in [0.29, 0.717) is 5.54 Å². The van der Waals surface area contributed by atoms with Crippen molar-refractivity contribution in [2.24, 2.45) is 0 Å². The molecule has 120 valence electrons. The molecule has 0 aromatic heterocycles. The molecule has 0 amide bonds. The van der Waals surface area contributed by atoms with E-state index in [-0.39, 0.29) is 5.54 Å². The number of likely N-dealkylation sites (N-methyl/N-ethyl adjacent to an activating group) is 1. The summed E-state index contributed by atoms with van der Waals surface area (Å²) in [4.78, 5) is 5.13. The van der Waals surface area contributed by atoms with E-state index in [0.717, 1.165) is 6.54 Å². The Hall–Kier alpha value is -0.120. The molecule has 1 heterocycles. The van der Waals surface area contributed by atoms with Gasteiger partial charge in [0, 0.05) is 30.7 Å². The number of hydrogen-bond donors (Lipinski definition) is 1. The van der Waals surface area contributed by atoms with E-state index in [1.54, 1.807) is 0 Å². The van der Waals surface area contributed by atoms with Crippen LogP contribution in [0.3, 0.4) is 0 Å². The predicted octanol–water partition coefficient (Wildman–Crippen LogP) is 2.96. The molecule has 0 spiro atoms. The van der Waals surface area contributed by atoms with Crippen LogP contribution in [0.1, 0.15) is 60.3 Å². The molecule has 0 aromatic carbocycles. The summed E-state index contributed by atoms with van der Waals surface area (Å²) in [7, 11) is 2.25. The maximum absolute atomic E-state index is 3.56. The quantitative estimate of drug-likeness (QED) is 0.725. The summed E-state index contributed by atoms with van der Waals surface area (Å²) >= 11 is 0. The molecule has 0 aliphatic carbocycles. The Morgan fingerprint density at radius 1 is 1.00 bits per heavy atom. The number of unbranched alkanes of at least 4 members (excludes halogenated alkanes) is 3. The monoisotopic (exact) mass is 283 g/mol. The molecule has 0 bridgehead atoms. The second kappa shape index (κ2) is 7.77. The fourth-order valence-electron chi connectivity index (χ4n) is 2.81. The van der Waals surface area contributed by atoms with E-state index in [4.69, 9.17) is 0 Å². The topological polar surface area (TPSA) is 18.5 Å². The average molecular weight is 284 g/mol. The fourth-order valence-corrected chi connectivity index (χ4v) is 2.81. The molecule has 1 N–H and O–H groups in total. The van der Waals surface area contributed by atoms with E-state index < -0.39 is 0 Å². The Kier molecular flexibility index (Phi) is 6.96. The molecule has 0 aromatic rings. The van der Waals surface area contributed by atoms with Crippen LogP contribution in [0, 0.1) is 0 Å². The second-order valence-electron chi connectivity index (χ2n) is 8.10. The van der Waals surface area contributed by atoms with Gasteiger partial charge in [-0.25, -0.2) is 0 Å². The van der Waals surface area contributed by atoms with Gasteiger partial charge in [0.05, 0.1) is 0 Å². The van der Waals surface area contributed by atoms with Gasteiger partial charge in [-0.2, -0.15) is 0 Å². The van der Waals surface area contributed by atoms with Crippen LogP contribution in [0.15, 0.2) is 0 Å². The first-order chi connectivity index (χ1) is 9.21. The molecule has 1 fully saturated rings. The van der Waals surface area contributed by atoms with Crippen LogP contribution < -0.4 is 5.32 Å². The number of hydrogen-bond acceptors (Lipinski definition) is 3. The molecule has 0 saturated carbocycles. The molecular formula is C17H37N3. The summed E-state index contributed by atoms with van der Waals surface area (Å²) in [6.45, 7) is 17.5. The summed E-state index contributed by atoms with van der Waals surface area (Å²) in [5, 5.41) is 3.56. The molecule has 0 atom stereocenters. The molecule has 0 unspecified atom stereocenters. The molecule has 3 nitrogen and oxygen atoms in total. The summed E-state index contributed by atoms with van der Waals surface area (Å²) in [6, 6.07) is 0. The molecule has 20 heavy (non-hydrogen) atoms. The molecule has 0 radical (unpaired) electrons. The summed E-state index contributed by atoms with van der Waals surface area (Å²) in [5.74, 6) is 0. The Labute approximate surface area is 127 Å². The second-order valence-corrected chi connectivity index (χ2v) is 8.10. The third-order valence-corrected chi connectivity index (χ3v) is 4.45. The van der Waals surface area contributed by atoms with E-state index in [9.17, 15) is 0 Å². The Morgan fingerprint density at radius 3 is 2.25 bits per heavy atom. The Morgan fingerprint density at radius 2 is 1.65 bits per heavy atom. The van der Waals surface area contributed by atoms with Gasteiger partial charge in [-0.3, -0.25) is 4.90 Å². The van der Waals surface area contributed by atoms with Gasteiger partial charge in [0.25, 0.3) is 0 Å². The Balaban J connectivity index is 2.02. The van der Waals surface area contributed by atoms with Gasteiger partial charge in [0.15, 0.2) is 0 Å². The van der Waals surface area contributed by atoms with Crippen LogP contribution in [0.5, 0.6) is 0 Å². The number of piperazine rings is 1. The lowest BCUT2D eigenvalue weighted by atomic mass is 9.99. The number of nitrogens with one attached hydrogen (secondary N) is 1. The highest BCUT2D eigenvalue weighted by molar-refractivity contribution is 4.88. The third kappa shape index (κ3) is 7.05. The molecule has 1 saturated heterocycles. The van der Waals surface area contributed by atoms with Gasteiger partial charge >= 0.3 is 0 Å². The summed E-state index contributed by atoms with van der Waals surface area (Å²) in [5.41, 5.74) is 0.611. The molecule has 1 aliphatic heterocycles. The van der Waals surface area contributed by atoms with Crippen molar-refractivity contribution in [3.05, 3.63) is 0 Å². The lowest BCUT2D eigenvalue weighted by Gasteiger charge is -2.45. The summed E-state index contributed by atoms with van der Waals surface area (Å²) < 4.78 is 0. The van der Waals surface area contributed by atoms with Crippen molar-refractivity contribution in [3.63, 3.8) is 0 Å². The van der Waals surface area contributed by atoms with Gasteiger partial charge in [0.1, 0.15) is 0 Å². The average Bonchev–Trinajstić information content (AvgIpc) is 2.30. The lowest BCUT2D eigenvalue weighted by molar-refractivity contribution is 0.0392. The van der Waals surface area contributed by atoms with Crippen LogP contribution in [-0.2, 0) is 0 Å². The fraction of sp³-hybridized carbons (Fsp3) is 1.00. The first-order valence-corrected chi connectivity index (χ1v) is 8.39. The van der Waals surface area contributed by atoms with Crippen molar-refractivity contribution in [3.8, 4) is 0 Å². The lowest BCUT2D eigenvalue weighted by Crippen LogP contribution is -2.57. The van der Waals surface area contributed by atoms with Crippen molar-refractivity contribution in [1.82, 2.24) is 15.1 Å². The zero-order chi connectivity index (χ0) is 15.2. The van der Waals surface area contributed by atoms with Gasteiger partial charge in [-0.1, -0.05) is 12.8 Å². The van der Waals surface area contributed by atoms with Crippen LogP contribution in [0.25, 0.3) is 0 Å². The van der Waals surface area contributed by atoms with Crippen molar-refractivity contribution in [2.45, 2.75) is 71.4 Å². The molecule has 1 rings (SSSR count). The highest BCUT2D eigenvalue weighted by Gasteiger charge is 2.30. The normalized spacial score (nSPS) is 21.3. The van der Waals surface area contributed by atoms with Gasteiger partial charge < -0.3 is 10.2 Å². The van der Waals surface area contributed by atoms with E-state index in [2.05, 4.69) is 56.8 Å². The third-order valence-electron chi connectivity index (χ3n) is 4.45. The van der Waals surface area contributed by atoms with Crippen LogP contribution >= 0.6 is 0 Å². The zero-order valence-corrected chi connectivity index (χ0v) is 14.8. The van der Waals surface area contributed by atoms with E-state index >= 15 is 0 Å².